The predicted molar refractivity (Wildman–Crippen MR) is 86.2 cm³/mol. The van der Waals surface area contributed by atoms with Crippen molar-refractivity contribution in [2.45, 2.75) is 18.4 Å². The number of rotatable bonds is 5. The van der Waals surface area contributed by atoms with Gasteiger partial charge < -0.3 is 14.5 Å². The van der Waals surface area contributed by atoms with Gasteiger partial charge in [0.25, 0.3) is 5.91 Å². The van der Waals surface area contributed by atoms with E-state index in [1.165, 1.54) is 24.1 Å². The van der Waals surface area contributed by atoms with Gasteiger partial charge in [0.05, 0.1) is 6.61 Å². The Bertz CT molecular complexity index is 636. The van der Waals surface area contributed by atoms with Crippen LogP contribution in [0.2, 0.25) is 0 Å². The van der Waals surface area contributed by atoms with Gasteiger partial charge in [-0.05, 0) is 37.1 Å². The van der Waals surface area contributed by atoms with Gasteiger partial charge in [0.2, 0.25) is 0 Å². The number of amides is 3. The Kier molecular flexibility index (Phi) is 4.45. The average molecular weight is 335 g/mol. The first kappa shape index (κ1) is 16.7. The fourth-order valence-electron chi connectivity index (χ4n) is 3.47. The maximum Gasteiger partial charge on any atom is 0.327 e. The predicted octanol–water partition coefficient (Wildman–Crippen LogP) is 1.56. The molecule has 0 aromatic heterocycles. The van der Waals surface area contributed by atoms with Crippen LogP contribution in [-0.4, -0.2) is 72.5 Å². The van der Waals surface area contributed by atoms with Crippen molar-refractivity contribution >= 4 is 11.9 Å². The molecule has 2 heterocycles. The summed E-state index contributed by atoms with van der Waals surface area (Å²) in [5, 5.41) is 0. The molecule has 1 unspecified atom stereocenters. The molecule has 2 saturated heterocycles. The van der Waals surface area contributed by atoms with Crippen molar-refractivity contribution in [1.82, 2.24) is 14.7 Å². The number of urea groups is 1. The maximum atomic E-state index is 12.8. The third-order valence-corrected chi connectivity index (χ3v) is 4.95. The Hall–Kier alpha value is -2.15. The highest BCUT2D eigenvalue weighted by molar-refractivity contribution is 6.07. The molecular weight excluding hydrogens is 313 g/mol. The zero-order valence-corrected chi connectivity index (χ0v) is 14.0. The average Bonchev–Trinajstić information content (AvgIpc) is 3.08. The van der Waals surface area contributed by atoms with Gasteiger partial charge in [-0.2, -0.15) is 0 Å². The monoisotopic (exact) mass is 335 g/mol. The van der Waals surface area contributed by atoms with E-state index in [0.29, 0.717) is 25.3 Å². The van der Waals surface area contributed by atoms with Crippen molar-refractivity contribution in [3.63, 3.8) is 0 Å². The number of carbonyl (C=O) groups excluding carboxylic acids is 2. The third kappa shape index (κ3) is 2.84. The fourth-order valence-corrected chi connectivity index (χ4v) is 3.47. The topological polar surface area (TPSA) is 53.1 Å². The Morgan fingerprint density at radius 2 is 1.92 bits per heavy atom. The summed E-state index contributed by atoms with van der Waals surface area (Å²) in [7, 11) is 3.24. The van der Waals surface area contributed by atoms with Crippen molar-refractivity contribution in [3.8, 4) is 5.75 Å². The molecule has 0 saturated carbocycles. The molecule has 2 aliphatic rings. The van der Waals surface area contributed by atoms with Gasteiger partial charge in [0, 0.05) is 33.7 Å². The molecule has 24 heavy (non-hydrogen) atoms. The first-order chi connectivity index (χ1) is 11.4. The zero-order valence-electron chi connectivity index (χ0n) is 14.0. The highest BCUT2D eigenvalue weighted by Crippen LogP contribution is 2.34. The third-order valence-electron chi connectivity index (χ3n) is 4.95. The van der Waals surface area contributed by atoms with Crippen LogP contribution in [0.1, 0.15) is 12.8 Å². The van der Waals surface area contributed by atoms with Crippen molar-refractivity contribution in [1.29, 1.82) is 0 Å². The number of imide groups is 1. The molecule has 1 atom stereocenters. The molecule has 1 spiro atoms. The Morgan fingerprint density at radius 1 is 1.21 bits per heavy atom. The first-order valence-electron chi connectivity index (χ1n) is 8.11. The number of ether oxygens (including phenoxy) is 1. The smallest absolute Gasteiger partial charge is 0.327 e. The lowest BCUT2D eigenvalue weighted by atomic mass is 9.97. The summed E-state index contributed by atoms with van der Waals surface area (Å²) in [6.07, 6.45) is 1.46. The summed E-state index contributed by atoms with van der Waals surface area (Å²) in [5.41, 5.74) is -0.705. The molecule has 1 aromatic rings. The van der Waals surface area contributed by atoms with Crippen LogP contribution in [0.4, 0.5) is 9.18 Å². The maximum absolute atomic E-state index is 12.8. The molecule has 130 valence electrons. The van der Waals surface area contributed by atoms with E-state index in [0.717, 1.165) is 19.5 Å². The van der Waals surface area contributed by atoms with E-state index in [1.807, 2.05) is 0 Å². The molecule has 2 fully saturated rings. The second-order valence-corrected chi connectivity index (χ2v) is 6.42. The van der Waals surface area contributed by atoms with E-state index in [4.69, 9.17) is 4.74 Å². The first-order valence-corrected chi connectivity index (χ1v) is 8.11. The lowest BCUT2D eigenvalue weighted by Gasteiger charge is -2.28. The van der Waals surface area contributed by atoms with Crippen LogP contribution >= 0.6 is 0 Å². The second-order valence-electron chi connectivity index (χ2n) is 6.42. The van der Waals surface area contributed by atoms with E-state index in [2.05, 4.69) is 4.90 Å². The minimum Gasteiger partial charge on any atom is -0.494 e. The number of hydrogen-bond acceptors (Lipinski definition) is 4. The van der Waals surface area contributed by atoms with Crippen LogP contribution in [0.15, 0.2) is 24.3 Å². The summed E-state index contributed by atoms with van der Waals surface area (Å²) in [6, 6.07) is 5.71. The van der Waals surface area contributed by atoms with Crippen LogP contribution in [0.5, 0.6) is 5.75 Å². The fraction of sp³-hybridized carbons (Fsp3) is 0.529. The zero-order chi connectivity index (χ0) is 17.3. The molecule has 3 amide bonds. The van der Waals surface area contributed by atoms with Crippen LogP contribution in [0.3, 0.4) is 0 Å². The molecule has 6 nitrogen and oxygen atoms in total. The SMILES string of the molecule is CN1C(=O)N(C)C2(CCN(CCCOc3ccc(F)cc3)C2)C1=O. The Labute approximate surface area is 140 Å². The summed E-state index contributed by atoms with van der Waals surface area (Å²) >= 11 is 0. The van der Waals surface area contributed by atoms with Crippen LogP contribution < -0.4 is 4.74 Å². The quantitative estimate of drug-likeness (QED) is 0.605. The summed E-state index contributed by atoms with van der Waals surface area (Å²) in [5.74, 6) is 0.252. The minimum absolute atomic E-state index is 0.111. The van der Waals surface area contributed by atoms with Crippen molar-refractivity contribution in [2.75, 3.05) is 40.3 Å². The Morgan fingerprint density at radius 3 is 2.54 bits per heavy atom. The van der Waals surface area contributed by atoms with E-state index in [1.54, 1.807) is 24.1 Å². The van der Waals surface area contributed by atoms with Crippen LogP contribution in [0.25, 0.3) is 0 Å². The molecule has 1 aromatic carbocycles. The highest BCUT2D eigenvalue weighted by atomic mass is 19.1. The number of nitrogens with zero attached hydrogens (tertiary/aromatic N) is 3. The van der Waals surface area contributed by atoms with Gasteiger partial charge in [-0.25, -0.2) is 9.18 Å². The van der Waals surface area contributed by atoms with Crippen LogP contribution in [0, 0.1) is 5.82 Å². The van der Waals surface area contributed by atoms with Gasteiger partial charge in [-0.3, -0.25) is 9.69 Å². The van der Waals surface area contributed by atoms with Crippen molar-refractivity contribution in [3.05, 3.63) is 30.1 Å². The lowest BCUT2D eigenvalue weighted by molar-refractivity contribution is -0.131. The van der Waals surface area contributed by atoms with Crippen LogP contribution in [-0.2, 0) is 4.79 Å². The van der Waals surface area contributed by atoms with Gasteiger partial charge in [0.1, 0.15) is 17.1 Å². The second kappa shape index (κ2) is 6.39. The number of likely N-dealkylation sites (N-methyl/N-ethyl adjacent to an activating group) is 2. The molecule has 0 aliphatic carbocycles. The summed E-state index contributed by atoms with van der Waals surface area (Å²) < 4.78 is 18.4. The number of likely N-dealkylation sites (tertiary alicyclic amines) is 1. The van der Waals surface area contributed by atoms with Gasteiger partial charge in [-0.1, -0.05) is 0 Å². The van der Waals surface area contributed by atoms with Gasteiger partial charge in [-0.15, -0.1) is 0 Å². The molecule has 0 radical (unpaired) electrons. The summed E-state index contributed by atoms with van der Waals surface area (Å²) in [6.45, 7) is 2.67. The highest BCUT2D eigenvalue weighted by Gasteiger charge is 2.57. The lowest BCUT2D eigenvalue weighted by Crippen LogP contribution is -2.50. The van der Waals surface area contributed by atoms with Crippen molar-refractivity contribution < 1.29 is 18.7 Å². The molecular formula is C17H22FN3O3. The number of carbonyl (C=O) groups is 2. The van der Waals surface area contributed by atoms with Gasteiger partial charge in [0.15, 0.2) is 0 Å². The van der Waals surface area contributed by atoms with E-state index in [9.17, 15) is 14.0 Å². The van der Waals surface area contributed by atoms with E-state index < -0.39 is 5.54 Å². The minimum atomic E-state index is -0.705. The number of halogens is 1. The molecule has 7 heteroatoms. The summed E-state index contributed by atoms with van der Waals surface area (Å²) in [4.78, 5) is 29.4. The van der Waals surface area contributed by atoms with Crippen molar-refractivity contribution in [2.24, 2.45) is 0 Å². The number of hydrogen-bond donors (Lipinski definition) is 0. The van der Waals surface area contributed by atoms with Gasteiger partial charge >= 0.3 is 6.03 Å². The standard InChI is InChI=1S/C17H22FN3O3/c1-19-15(22)17(20(2)16(19)23)8-10-21(12-17)9-3-11-24-14-6-4-13(18)5-7-14/h4-7H,3,8-12H2,1-2H3. The molecule has 2 aliphatic heterocycles. The molecule has 3 rings (SSSR count). The van der Waals surface area contributed by atoms with E-state index >= 15 is 0 Å². The van der Waals surface area contributed by atoms with E-state index in [-0.39, 0.29) is 17.8 Å². The normalized spacial score (nSPS) is 24.5. The molecule has 0 N–H and O–H groups in total. The Balaban J connectivity index is 1.47. The number of benzene rings is 1. The largest absolute Gasteiger partial charge is 0.494 e. The molecule has 0 bridgehead atoms.